The number of allylic oxidation sites excluding steroid dienone is 1. The lowest BCUT2D eigenvalue weighted by Crippen LogP contribution is -2.25. The first-order valence-corrected chi connectivity index (χ1v) is 5.20. The van der Waals surface area contributed by atoms with Gasteiger partial charge in [0.2, 0.25) is 5.60 Å². The van der Waals surface area contributed by atoms with E-state index in [9.17, 15) is 4.79 Å². The van der Waals surface area contributed by atoms with Crippen molar-refractivity contribution in [1.82, 2.24) is 0 Å². The van der Waals surface area contributed by atoms with Crippen LogP contribution in [0.4, 0.5) is 0 Å². The minimum atomic E-state index is -0.928. The molecule has 0 radical (unpaired) electrons. The summed E-state index contributed by atoms with van der Waals surface area (Å²) in [5.74, 6) is -0.346. The molecule has 0 aliphatic carbocycles. The van der Waals surface area contributed by atoms with Crippen molar-refractivity contribution in [3.8, 4) is 0 Å². The highest BCUT2D eigenvalue weighted by molar-refractivity contribution is 5.85. The predicted molar refractivity (Wildman–Crippen MR) is 59.8 cm³/mol. The van der Waals surface area contributed by atoms with Gasteiger partial charge in [0.25, 0.3) is 0 Å². The van der Waals surface area contributed by atoms with Gasteiger partial charge in [0.05, 0.1) is 7.11 Å². The van der Waals surface area contributed by atoms with Crippen molar-refractivity contribution >= 4 is 5.97 Å². The van der Waals surface area contributed by atoms with E-state index in [2.05, 4.69) is 0 Å². The number of hydrogen-bond acceptors (Lipinski definition) is 3. The maximum Gasteiger partial charge on any atom is 0.346 e. The average molecular weight is 218 g/mol. The molecule has 1 aliphatic rings. The number of hydrogen-bond donors (Lipinski definition) is 0. The monoisotopic (exact) mass is 218 g/mol. The molecule has 0 unspecified atom stereocenters. The molecule has 1 heterocycles. The van der Waals surface area contributed by atoms with Crippen LogP contribution >= 0.6 is 0 Å². The summed E-state index contributed by atoms with van der Waals surface area (Å²) in [5.41, 5.74) is -0.0901. The molecule has 1 aliphatic heterocycles. The van der Waals surface area contributed by atoms with Crippen LogP contribution in [0.5, 0.6) is 0 Å². The van der Waals surface area contributed by atoms with E-state index >= 15 is 0 Å². The minimum Gasteiger partial charge on any atom is -0.467 e. The van der Waals surface area contributed by atoms with Crippen LogP contribution in [0.2, 0.25) is 0 Å². The third-order valence-electron chi connectivity index (χ3n) is 2.71. The number of carbonyl (C=O) groups is 1. The molecule has 1 saturated heterocycles. The Morgan fingerprint density at radius 3 is 2.69 bits per heavy atom. The molecular weight excluding hydrogens is 204 g/mol. The first-order valence-electron chi connectivity index (χ1n) is 5.20. The van der Waals surface area contributed by atoms with Crippen molar-refractivity contribution in [3.63, 3.8) is 0 Å². The summed E-state index contributed by atoms with van der Waals surface area (Å²) >= 11 is 0. The van der Waals surface area contributed by atoms with Crippen molar-refractivity contribution in [1.29, 1.82) is 0 Å². The van der Waals surface area contributed by atoms with Gasteiger partial charge in [-0.1, -0.05) is 42.5 Å². The van der Waals surface area contributed by atoms with Crippen LogP contribution in [0.25, 0.3) is 0 Å². The zero-order valence-corrected chi connectivity index (χ0v) is 9.34. The maximum absolute atomic E-state index is 11.8. The van der Waals surface area contributed by atoms with Crippen LogP contribution in [0.3, 0.4) is 0 Å². The van der Waals surface area contributed by atoms with Crippen molar-refractivity contribution in [3.05, 3.63) is 48.0 Å². The fraction of sp³-hybridized carbons (Fsp3) is 0.308. The lowest BCUT2D eigenvalue weighted by molar-refractivity contribution is -0.147. The molecule has 2 rings (SSSR count). The van der Waals surface area contributed by atoms with Gasteiger partial charge in [-0.05, 0) is 12.5 Å². The molecule has 1 aromatic carbocycles. The van der Waals surface area contributed by atoms with E-state index in [4.69, 9.17) is 9.47 Å². The van der Waals surface area contributed by atoms with Crippen molar-refractivity contribution in [2.24, 2.45) is 0 Å². The average Bonchev–Trinajstić information content (AvgIpc) is 3.05. The second kappa shape index (κ2) is 4.10. The molecule has 3 heteroatoms. The lowest BCUT2D eigenvalue weighted by Gasteiger charge is -2.09. The van der Waals surface area contributed by atoms with Crippen molar-refractivity contribution in [2.75, 3.05) is 7.11 Å². The van der Waals surface area contributed by atoms with Crippen molar-refractivity contribution < 1.29 is 14.3 Å². The normalized spacial score (nSPS) is 28.0. The first-order chi connectivity index (χ1) is 7.75. The zero-order chi connectivity index (χ0) is 11.6. The molecule has 0 amide bonds. The quantitative estimate of drug-likeness (QED) is 0.442. The van der Waals surface area contributed by atoms with E-state index in [0.717, 1.165) is 5.56 Å². The Balaban J connectivity index is 2.35. The molecule has 84 valence electrons. The number of carbonyl (C=O) groups excluding carboxylic acids is 1. The van der Waals surface area contributed by atoms with E-state index in [0.29, 0.717) is 0 Å². The molecule has 3 nitrogen and oxygen atoms in total. The summed E-state index contributed by atoms with van der Waals surface area (Å²) in [7, 11) is 1.38. The highest BCUT2D eigenvalue weighted by Crippen LogP contribution is 2.47. The summed E-state index contributed by atoms with van der Waals surface area (Å²) in [5, 5.41) is 0. The van der Waals surface area contributed by atoms with E-state index in [-0.39, 0.29) is 12.1 Å². The predicted octanol–water partition coefficient (Wildman–Crippen LogP) is 2.03. The number of esters is 1. The molecule has 16 heavy (non-hydrogen) atoms. The van der Waals surface area contributed by atoms with Gasteiger partial charge in [-0.15, -0.1) is 0 Å². The van der Waals surface area contributed by atoms with Crippen LogP contribution in [0.1, 0.15) is 12.5 Å². The van der Waals surface area contributed by atoms with Crippen LogP contribution in [-0.2, 0) is 19.9 Å². The molecule has 1 fully saturated rings. The fourth-order valence-electron chi connectivity index (χ4n) is 1.87. The highest BCUT2D eigenvalue weighted by atomic mass is 16.7. The molecule has 0 spiro atoms. The first kappa shape index (κ1) is 10.9. The Kier molecular flexibility index (Phi) is 2.79. The summed E-state index contributed by atoms with van der Waals surface area (Å²) in [6, 6.07) is 9.42. The van der Waals surface area contributed by atoms with Gasteiger partial charge in [-0.25, -0.2) is 4.79 Å². The smallest absolute Gasteiger partial charge is 0.346 e. The molecule has 1 aromatic rings. The fourth-order valence-corrected chi connectivity index (χ4v) is 1.87. The number of rotatable bonds is 3. The zero-order valence-electron chi connectivity index (χ0n) is 9.34. The summed E-state index contributed by atoms with van der Waals surface area (Å²) in [6.45, 7) is 1.90. The van der Waals surface area contributed by atoms with Crippen molar-refractivity contribution in [2.45, 2.75) is 18.6 Å². The van der Waals surface area contributed by atoms with Crippen LogP contribution in [0.15, 0.2) is 42.5 Å². The Hall–Kier alpha value is -1.61. The minimum absolute atomic E-state index is 0.215. The SMILES string of the molecule is C/C=C/[C@H]1O[C@]1(C(=O)OC)c1ccccc1. The van der Waals surface area contributed by atoms with E-state index in [1.807, 2.05) is 49.4 Å². The van der Waals surface area contributed by atoms with E-state index in [1.165, 1.54) is 7.11 Å². The number of epoxide rings is 1. The number of methoxy groups -OCH3 is 1. The Morgan fingerprint density at radius 2 is 2.12 bits per heavy atom. The van der Waals surface area contributed by atoms with E-state index < -0.39 is 5.60 Å². The third kappa shape index (κ3) is 1.53. The molecule has 0 saturated carbocycles. The van der Waals surface area contributed by atoms with Crippen LogP contribution in [-0.4, -0.2) is 19.2 Å². The van der Waals surface area contributed by atoms with E-state index in [1.54, 1.807) is 0 Å². The molecule has 2 atom stereocenters. The van der Waals surface area contributed by atoms with Gasteiger partial charge >= 0.3 is 5.97 Å². The van der Waals surface area contributed by atoms with Gasteiger partial charge in [-0.3, -0.25) is 0 Å². The second-order valence-electron chi connectivity index (χ2n) is 3.66. The molecule has 0 aromatic heterocycles. The second-order valence-corrected chi connectivity index (χ2v) is 3.66. The molecular formula is C13H14O3. The van der Waals surface area contributed by atoms with Gasteiger partial charge in [0.15, 0.2) is 0 Å². The highest BCUT2D eigenvalue weighted by Gasteiger charge is 2.63. The molecule has 0 N–H and O–H groups in total. The van der Waals surface area contributed by atoms with Gasteiger partial charge in [0, 0.05) is 0 Å². The van der Waals surface area contributed by atoms with Crippen LogP contribution in [0, 0.1) is 0 Å². The Morgan fingerprint density at radius 1 is 1.44 bits per heavy atom. The van der Waals surface area contributed by atoms with Crippen LogP contribution < -0.4 is 0 Å². The standard InChI is InChI=1S/C13H14O3/c1-3-7-11-13(16-11,12(14)15-2)10-8-5-4-6-9-10/h3-9,11H,1-2H3/b7-3+/t11-,13-/m1/s1. The van der Waals surface area contributed by atoms with Gasteiger partial charge in [-0.2, -0.15) is 0 Å². The number of ether oxygens (including phenoxy) is 2. The Bertz CT molecular complexity index is 410. The molecule has 0 bridgehead atoms. The van der Waals surface area contributed by atoms with Gasteiger partial charge < -0.3 is 9.47 Å². The largest absolute Gasteiger partial charge is 0.467 e. The lowest BCUT2D eigenvalue weighted by atomic mass is 9.95. The summed E-state index contributed by atoms with van der Waals surface area (Å²) in [4.78, 5) is 11.8. The number of benzene rings is 1. The third-order valence-corrected chi connectivity index (χ3v) is 2.71. The van der Waals surface area contributed by atoms with Gasteiger partial charge in [0.1, 0.15) is 6.10 Å². The summed E-state index contributed by atoms with van der Waals surface area (Å²) < 4.78 is 10.3. The summed E-state index contributed by atoms with van der Waals surface area (Å²) in [6.07, 6.45) is 3.52. The topological polar surface area (TPSA) is 38.8 Å². The Labute approximate surface area is 94.7 Å². The maximum atomic E-state index is 11.8.